The van der Waals surface area contributed by atoms with Crippen molar-refractivity contribution in [3.05, 3.63) is 0 Å². The molecule has 0 unspecified atom stereocenters. The van der Waals surface area contributed by atoms with Crippen LogP contribution in [0.2, 0.25) is 0 Å². The molecule has 0 spiro atoms. The van der Waals surface area contributed by atoms with E-state index >= 15 is 0 Å². The van der Waals surface area contributed by atoms with Gasteiger partial charge in [-0.2, -0.15) is 0 Å². The van der Waals surface area contributed by atoms with E-state index in [-0.39, 0.29) is 12.2 Å². The molecule has 0 heterocycles. The molecule has 0 amide bonds. The highest BCUT2D eigenvalue weighted by atomic mass is 32.2. The van der Waals surface area contributed by atoms with Crippen LogP contribution in [0.5, 0.6) is 0 Å². The maximum absolute atomic E-state index is 11.2. The number of nitrogens with zero attached hydrogens (tertiary/aromatic N) is 2. The minimum Gasteiger partial charge on any atom is -0.411 e. The molecule has 116 valence electrons. The van der Waals surface area contributed by atoms with E-state index in [2.05, 4.69) is 10.3 Å². The first-order valence-electron chi connectivity index (χ1n) is 5.94. The van der Waals surface area contributed by atoms with Gasteiger partial charge in [-0.3, -0.25) is 9.59 Å². The molecule has 20 heavy (non-hydrogen) atoms. The second kappa shape index (κ2) is 12.3. The van der Waals surface area contributed by atoms with Crippen molar-refractivity contribution in [2.75, 3.05) is 11.5 Å². The van der Waals surface area contributed by atoms with Gasteiger partial charge in [0.2, 0.25) is 5.78 Å². The summed E-state index contributed by atoms with van der Waals surface area (Å²) in [5, 5.41) is 20.1. The summed E-state index contributed by atoms with van der Waals surface area (Å²) in [7, 11) is -3.37. The number of carbonyl (C=O) groups is 2. The number of sulfone groups is 1. The van der Waals surface area contributed by atoms with Crippen LogP contribution >= 0.6 is 0 Å². The fourth-order valence-corrected chi connectivity index (χ4v) is 2.41. The molecular formula is C11H20N2O6S. The summed E-state index contributed by atoms with van der Waals surface area (Å²) < 4.78 is 22.5. The van der Waals surface area contributed by atoms with Crippen molar-refractivity contribution in [2.24, 2.45) is 10.3 Å². The molecule has 0 fully saturated rings. The van der Waals surface area contributed by atoms with Crippen LogP contribution in [0.4, 0.5) is 0 Å². The Hall–Kier alpha value is -1.77. The molecular weight excluding hydrogens is 288 g/mol. The van der Waals surface area contributed by atoms with E-state index in [1.165, 1.54) is 0 Å². The van der Waals surface area contributed by atoms with Gasteiger partial charge < -0.3 is 10.4 Å². The molecule has 0 aliphatic heterocycles. The van der Waals surface area contributed by atoms with Gasteiger partial charge in [0.15, 0.2) is 15.6 Å². The zero-order valence-electron chi connectivity index (χ0n) is 11.5. The number of oxime groups is 2. The molecule has 0 aliphatic rings. The van der Waals surface area contributed by atoms with Gasteiger partial charge in [0.25, 0.3) is 0 Å². The predicted octanol–water partition coefficient (Wildman–Crippen LogP) is 0.656. The zero-order valence-corrected chi connectivity index (χ0v) is 12.3. The van der Waals surface area contributed by atoms with Crippen LogP contribution in [0.3, 0.4) is 0 Å². The van der Waals surface area contributed by atoms with E-state index in [9.17, 15) is 18.0 Å². The van der Waals surface area contributed by atoms with Gasteiger partial charge in [-0.15, -0.1) is 0 Å². The Labute approximate surface area is 118 Å². The quantitative estimate of drug-likeness (QED) is 0.293. The Morgan fingerprint density at radius 1 is 1.05 bits per heavy atom. The summed E-state index contributed by atoms with van der Waals surface area (Å²) in [5.41, 5.74) is 0. The number of hydrogen-bond donors (Lipinski definition) is 2. The monoisotopic (exact) mass is 308 g/mol. The van der Waals surface area contributed by atoms with Gasteiger partial charge in [-0.05, 0) is 6.42 Å². The molecule has 9 heteroatoms. The summed E-state index contributed by atoms with van der Waals surface area (Å²) in [6, 6.07) is 0. The Morgan fingerprint density at radius 2 is 1.55 bits per heavy atom. The van der Waals surface area contributed by atoms with Crippen molar-refractivity contribution >= 4 is 33.8 Å². The second-order valence-corrected chi connectivity index (χ2v) is 5.86. The smallest absolute Gasteiger partial charge is 0.213 e. The number of ketones is 2. The van der Waals surface area contributed by atoms with Crippen molar-refractivity contribution in [1.29, 1.82) is 0 Å². The Morgan fingerprint density at radius 3 is 1.90 bits per heavy atom. The van der Waals surface area contributed by atoms with Crippen LogP contribution < -0.4 is 0 Å². The average Bonchev–Trinajstić information content (AvgIpc) is 2.42. The van der Waals surface area contributed by atoms with Gasteiger partial charge in [0.05, 0.1) is 18.2 Å². The summed E-state index contributed by atoms with van der Waals surface area (Å²) in [4.78, 5) is 21.9. The fourth-order valence-electron chi connectivity index (χ4n) is 0.973. The molecule has 0 radical (unpaired) electrons. The van der Waals surface area contributed by atoms with E-state index < -0.39 is 27.2 Å². The van der Waals surface area contributed by atoms with E-state index in [1.807, 2.05) is 6.92 Å². The number of Topliss-reactive ketones (excluding diaryl/α,β-unsaturated/α-hetero) is 2. The summed E-state index contributed by atoms with van der Waals surface area (Å²) in [6.07, 6.45) is 3.26. The van der Waals surface area contributed by atoms with Gasteiger partial charge in [0, 0.05) is 6.42 Å². The molecule has 0 saturated heterocycles. The van der Waals surface area contributed by atoms with E-state index in [0.29, 0.717) is 6.42 Å². The zero-order chi connectivity index (χ0) is 16.0. The van der Waals surface area contributed by atoms with Crippen molar-refractivity contribution in [1.82, 2.24) is 0 Å². The van der Waals surface area contributed by atoms with Gasteiger partial charge >= 0.3 is 0 Å². The molecule has 0 rings (SSSR count). The van der Waals surface area contributed by atoms with Crippen LogP contribution in [0, 0.1) is 0 Å². The Balaban J connectivity index is 0. The highest BCUT2D eigenvalue weighted by Crippen LogP contribution is 1.99. The van der Waals surface area contributed by atoms with Gasteiger partial charge in [-0.1, -0.05) is 30.6 Å². The topological polar surface area (TPSA) is 133 Å². The SMILES string of the molecule is CCCCS(=O)(=O)CC(=O)C(=O)CC.ON=CC=NO. The molecule has 0 aliphatic carbocycles. The lowest BCUT2D eigenvalue weighted by molar-refractivity contribution is -0.134. The maximum atomic E-state index is 11.2. The highest BCUT2D eigenvalue weighted by Gasteiger charge is 2.20. The standard InChI is InChI=1S/C9H16O4S.C2H4N2O2/c1-3-5-6-14(12,13)7-9(11)8(10)4-2;5-3-1-2-4-6/h3-7H2,1-2H3;1-2,5-6H. The van der Waals surface area contributed by atoms with E-state index in [0.717, 1.165) is 18.9 Å². The van der Waals surface area contributed by atoms with Crippen molar-refractivity contribution in [2.45, 2.75) is 33.1 Å². The normalized spacial score (nSPS) is 11.3. The number of rotatable bonds is 8. The lowest BCUT2D eigenvalue weighted by Gasteiger charge is -2.00. The fraction of sp³-hybridized carbons (Fsp3) is 0.636. The third-order valence-electron chi connectivity index (χ3n) is 1.99. The second-order valence-electron chi connectivity index (χ2n) is 3.67. The summed E-state index contributed by atoms with van der Waals surface area (Å²) in [5.74, 6) is -2.03. The molecule has 0 aromatic carbocycles. The summed E-state index contributed by atoms with van der Waals surface area (Å²) in [6.45, 7) is 3.41. The number of unbranched alkanes of at least 4 members (excludes halogenated alkanes) is 1. The number of hydrogen-bond acceptors (Lipinski definition) is 8. The van der Waals surface area contributed by atoms with Gasteiger partial charge in [-0.25, -0.2) is 8.42 Å². The Kier molecular flexibility index (Phi) is 12.6. The lowest BCUT2D eigenvalue weighted by atomic mass is 10.2. The van der Waals surface area contributed by atoms with E-state index in [1.54, 1.807) is 6.92 Å². The average molecular weight is 308 g/mol. The summed E-state index contributed by atoms with van der Waals surface area (Å²) >= 11 is 0. The Bertz CT molecular complexity index is 432. The van der Waals surface area contributed by atoms with Crippen LogP contribution in [0.1, 0.15) is 33.1 Å². The predicted molar refractivity (Wildman–Crippen MR) is 74.4 cm³/mol. The van der Waals surface area contributed by atoms with Crippen molar-refractivity contribution in [3.63, 3.8) is 0 Å². The molecule has 0 saturated carbocycles. The third kappa shape index (κ3) is 12.7. The molecule has 0 aromatic rings. The van der Waals surface area contributed by atoms with E-state index in [4.69, 9.17) is 10.4 Å². The van der Waals surface area contributed by atoms with Crippen LogP contribution in [-0.4, -0.2) is 54.3 Å². The highest BCUT2D eigenvalue weighted by molar-refractivity contribution is 7.92. The third-order valence-corrected chi connectivity index (χ3v) is 3.60. The molecule has 0 bridgehead atoms. The van der Waals surface area contributed by atoms with Gasteiger partial charge in [0.1, 0.15) is 5.75 Å². The molecule has 0 atom stereocenters. The first-order chi connectivity index (χ1) is 9.34. The van der Waals surface area contributed by atoms with Crippen LogP contribution in [-0.2, 0) is 19.4 Å². The lowest BCUT2D eigenvalue weighted by Crippen LogP contribution is -2.24. The largest absolute Gasteiger partial charge is 0.411 e. The molecule has 2 N–H and O–H groups in total. The van der Waals surface area contributed by atoms with Crippen LogP contribution in [0.25, 0.3) is 0 Å². The maximum Gasteiger partial charge on any atom is 0.213 e. The molecule has 8 nitrogen and oxygen atoms in total. The number of carbonyl (C=O) groups excluding carboxylic acids is 2. The minimum absolute atomic E-state index is 0.00770. The van der Waals surface area contributed by atoms with Crippen molar-refractivity contribution < 1.29 is 28.4 Å². The van der Waals surface area contributed by atoms with Crippen molar-refractivity contribution in [3.8, 4) is 0 Å². The minimum atomic E-state index is -3.37. The molecule has 0 aromatic heterocycles. The first-order valence-corrected chi connectivity index (χ1v) is 7.76. The van der Waals surface area contributed by atoms with Crippen LogP contribution in [0.15, 0.2) is 10.3 Å². The first kappa shape index (κ1) is 20.5.